The van der Waals surface area contributed by atoms with Gasteiger partial charge in [-0.2, -0.15) is 0 Å². The molecule has 0 bridgehead atoms. The fourth-order valence-corrected chi connectivity index (χ4v) is 2.27. The molecule has 0 radical (unpaired) electrons. The molecule has 0 aromatic carbocycles. The number of likely N-dealkylation sites (tertiary alicyclic amines) is 1. The number of nitrogens with two attached hydrogens (primary N) is 1. The molecular weight excluding hydrogens is 190 g/mol. The lowest BCUT2D eigenvalue weighted by Crippen LogP contribution is -2.43. The van der Waals surface area contributed by atoms with Crippen LogP contribution in [0.4, 0.5) is 0 Å². The average molecular weight is 213 g/mol. The maximum Gasteiger partial charge on any atom is 0.239 e. The SMILES string of the molecule is CCN(CC)C1CCN(C(=O)[C@@H](C)N)C1. The molecule has 0 aromatic rings. The molecule has 0 aromatic heterocycles. The standard InChI is InChI=1S/C11H23N3O/c1-4-13(5-2)10-6-7-14(8-10)11(15)9(3)12/h9-10H,4-8,12H2,1-3H3/t9-,10?/m1/s1. The Morgan fingerprint density at radius 1 is 1.53 bits per heavy atom. The predicted molar refractivity (Wildman–Crippen MR) is 61.6 cm³/mol. The molecule has 1 amide bonds. The summed E-state index contributed by atoms with van der Waals surface area (Å²) in [7, 11) is 0. The van der Waals surface area contributed by atoms with E-state index >= 15 is 0 Å². The van der Waals surface area contributed by atoms with Crippen LogP contribution >= 0.6 is 0 Å². The van der Waals surface area contributed by atoms with E-state index in [-0.39, 0.29) is 11.9 Å². The lowest BCUT2D eigenvalue weighted by molar-refractivity contribution is -0.131. The van der Waals surface area contributed by atoms with Crippen molar-refractivity contribution in [2.45, 2.75) is 39.3 Å². The summed E-state index contributed by atoms with van der Waals surface area (Å²) < 4.78 is 0. The number of amides is 1. The highest BCUT2D eigenvalue weighted by Gasteiger charge is 2.29. The molecule has 2 N–H and O–H groups in total. The second-order valence-corrected chi connectivity index (χ2v) is 4.24. The molecule has 0 spiro atoms. The van der Waals surface area contributed by atoms with Crippen LogP contribution in [-0.2, 0) is 4.79 Å². The molecular formula is C11H23N3O. The first kappa shape index (κ1) is 12.5. The van der Waals surface area contributed by atoms with Crippen molar-refractivity contribution >= 4 is 5.91 Å². The number of hydrogen-bond donors (Lipinski definition) is 1. The molecule has 88 valence electrons. The van der Waals surface area contributed by atoms with E-state index in [4.69, 9.17) is 5.73 Å². The molecule has 1 rings (SSSR count). The first-order valence-electron chi connectivity index (χ1n) is 5.88. The van der Waals surface area contributed by atoms with Gasteiger partial charge in [-0.1, -0.05) is 13.8 Å². The summed E-state index contributed by atoms with van der Waals surface area (Å²) in [4.78, 5) is 16.0. The molecule has 4 nitrogen and oxygen atoms in total. The van der Waals surface area contributed by atoms with Crippen molar-refractivity contribution < 1.29 is 4.79 Å². The van der Waals surface area contributed by atoms with Crippen LogP contribution in [0.1, 0.15) is 27.2 Å². The minimum atomic E-state index is -0.361. The topological polar surface area (TPSA) is 49.6 Å². The molecule has 1 heterocycles. The fraction of sp³-hybridized carbons (Fsp3) is 0.909. The van der Waals surface area contributed by atoms with Gasteiger partial charge in [0.2, 0.25) is 5.91 Å². The van der Waals surface area contributed by atoms with Crippen molar-refractivity contribution in [2.75, 3.05) is 26.2 Å². The van der Waals surface area contributed by atoms with Gasteiger partial charge in [-0.15, -0.1) is 0 Å². The van der Waals surface area contributed by atoms with E-state index in [1.807, 2.05) is 4.90 Å². The predicted octanol–water partition coefficient (Wildman–Crippen LogP) is 0.276. The third-order valence-electron chi connectivity index (χ3n) is 3.19. The monoisotopic (exact) mass is 213 g/mol. The molecule has 1 fully saturated rings. The second-order valence-electron chi connectivity index (χ2n) is 4.24. The van der Waals surface area contributed by atoms with E-state index in [0.29, 0.717) is 6.04 Å². The van der Waals surface area contributed by atoms with E-state index in [9.17, 15) is 4.79 Å². The summed E-state index contributed by atoms with van der Waals surface area (Å²) in [6, 6.07) is 0.170. The van der Waals surface area contributed by atoms with E-state index in [2.05, 4.69) is 18.7 Å². The van der Waals surface area contributed by atoms with Gasteiger partial charge in [-0.3, -0.25) is 9.69 Å². The number of nitrogens with zero attached hydrogens (tertiary/aromatic N) is 2. The van der Waals surface area contributed by atoms with Gasteiger partial charge in [-0.25, -0.2) is 0 Å². The van der Waals surface area contributed by atoms with Crippen LogP contribution in [0, 0.1) is 0 Å². The van der Waals surface area contributed by atoms with Crippen molar-refractivity contribution in [2.24, 2.45) is 5.73 Å². The highest BCUT2D eigenvalue weighted by atomic mass is 16.2. The van der Waals surface area contributed by atoms with Crippen LogP contribution in [0.15, 0.2) is 0 Å². The zero-order chi connectivity index (χ0) is 11.4. The largest absolute Gasteiger partial charge is 0.340 e. The Morgan fingerprint density at radius 3 is 2.60 bits per heavy atom. The Morgan fingerprint density at radius 2 is 2.13 bits per heavy atom. The number of carbonyl (C=O) groups is 1. The summed E-state index contributed by atoms with van der Waals surface area (Å²) in [6.07, 6.45) is 1.08. The Kier molecular flexibility index (Phi) is 4.54. The number of rotatable bonds is 4. The van der Waals surface area contributed by atoms with Crippen molar-refractivity contribution in [3.05, 3.63) is 0 Å². The summed E-state index contributed by atoms with van der Waals surface area (Å²) in [5.41, 5.74) is 5.60. The normalized spacial score (nSPS) is 23.5. The molecule has 0 saturated carbocycles. The molecule has 0 aliphatic carbocycles. The van der Waals surface area contributed by atoms with Gasteiger partial charge in [0.15, 0.2) is 0 Å². The summed E-state index contributed by atoms with van der Waals surface area (Å²) in [6.45, 7) is 9.92. The van der Waals surface area contributed by atoms with Crippen LogP contribution < -0.4 is 5.73 Å². The zero-order valence-electron chi connectivity index (χ0n) is 10.1. The van der Waals surface area contributed by atoms with Crippen LogP contribution in [0.2, 0.25) is 0 Å². The first-order chi connectivity index (χ1) is 7.10. The second kappa shape index (κ2) is 5.47. The highest BCUT2D eigenvalue weighted by Crippen LogP contribution is 2.15. The Balaban J connectivity index is 2.48. The van der Waals surface area contributed by atoms with Crippen LogP contribution in [0.3, 0.4) is 0 Å². The van der Waals surface area contributed by atoms with Crippen molar-refractivity contribution in [1.82, 2.24) is 9.80 Å². The van der Waals surface area contributed by atoms with Gasteiger partial charge in [0, 0.05) is 19.1 Å². The van der Waals surface area contributed by atoms with Gasteiger partial charge >= 0.3 is 0 Å². The van der Waals surface area contributed by atoms with E-state index in [0.717, 1.165) is 32.6 Å². The minimum Gasteiger partial charge on any atom is -0.340 e. The highest BCUT2D eigenvalue weighted by molar-refractivity contribution is 5.81. The molecule has 1 saturated heterocycles. The Bertz CT molecular complexity index is 214. The number of likely N-dealkylation sites (N-methyl/N-ethyl adjacent to an activating group) is 1. The van der Waals surface area contributed by atoms with Crippen LogP contribution in [0.25, 0.3) is 0 Å². The minimum absolute atomic E-state index is 0.0876. The Labute approximate surface area is 92.4 Å². The van der Waals surface area contributed by atoms with Crippen LogP contribution in [-0.4, -0.2) is 54.0 Å². The summed E-state index contributed by atoms with van der Waals surface area (Å²) in [5, 5.41) is 0. The maximum atomic E-state index is 11.7. The maximum absolute atomic E-state index is 11.7. The molecule has 1 aliphatic rings. The summed E-state index contributed by atoms with van der Waals surface area (Å²) >= 11 is 0. The van der Waals surface area contributed by atoms with Crippen molar-refractivity contribution in [3.63, 3.8) is 0 Å². The molecule has 4 heteroatoms. The third kappa shape index (κ3) is 2.92. The molecule has 2 atom stereocenters. The summed E-state index contributed by atoms with van der Waals surface area (Å²) in [5.74, 6) is 0.0876. The van der Waals surface area contributed by atoms with E-state index in [1.165, 1.54) is 0 Å². The van der Waals surface area contributed by atoms with Crippen LogP contribution in [0.5, 0.6) is 0 Å². The van der Waals surface area contributed by atoms with Crippen molar-refractivity contribution in [3.8, 4) is 0 Å². The van der Waals surface area contributed by atoms with Gasteiger partial charge < -0.3 is 10.6 Å². The number of carbonyl (C=O) groups excluding carboxylic acids is 1. The lowest BCUT2D eigenvalue weighted by atomic mass is 10.2. The third-order valence-corrected chi connectivity index (χ3v) is 3.19. The zero-order valence-corrected chi connectivity index (χ0v) is 10.1. The molecule has 15 heavy (non-hydrogen) atoms. The first-order valence-corrected chi connectivity index (χ1v) is 5.88. The van der Waals surface area contributed by atoms with E-state index < -0.39 is 0 Å². The van der Waals surface area contributed by atoms with Gasteiger partial charge in [0.25, 0.3) is 0 Å². The molecule has 1 unspecified atom stereocenters. The number of hydrogen-bond acceptors (Lipinski definition) is 3. The van der Waals surface area contributed by atoms with E-state index in [1.54, 1.807) is 6.92 Å². The average Bonchev–Trinajstić information content (AvgIpc) is 2.67. The Hall–Kier alpha value is -0.610. The fourth-order valence-electron chi connectivity index (χ4n) is 2.27. The van der Waals surface area contributed by atoms with Gasteiger partial charge in [0.1, 0.15) is 0 Å². The quantitative estimate of drug-likeness (QED) is 0.729. The van der Waals surface area contributed by atoms with Crippen molar-refractivity contribution in [1.29, 1.82) is 0 Å². The lowest BCUT2D eigenvalue weighted by Gasteiger charge is -2.26. The van der Waals surface area contributed by atoms with Gasteiger partial charge in [-0.05, 0) is 26.4 Å². The van der Waals surface area contributed by atoms with Gasteiger partial charge in [0.05, 0.1) is 6.04 Å². The smallest absolute Gasteiger partial charge is 0.239 e. The molecule has 1 aliphatic heterocycles.